The summed E-state index contributed by atoms with van der Waals surface area (Å²) in [6.45, 7) is 7.84. The van der Waals surface area contributed by atoms with Crippen LogP contribution in [0.4, 0.5) is 0 Å². The van der Waals surface area contributed by atoms with Gasteiger partial charge in [-0.15, -0.1) is 0 Å². The summed E-state index contributed by atoms with van der Waals surface area (Å²) in [4.78, 5) is 17.0. The summed E-state index contributed by atoms with van der Waals surface area (Å²) in [5.41, 5.74) is 0. The highest BCUT2D eigenvalue weighted by Gasteiger charge is 2.30. The van der Waals surface area contributed by atoms with Crippen molar-refractivity contribution in [1.82, 2.24) is 9.80 Å². The van der Waals surface area contributed by atoms with E-state index in [2.05, 4.69) is 16.7 Å². The Labute approximate surface area is 123 Å². The highest BCUT2D eigenvalue weighted by molar-refractivity contribution is 5.79. The standard InChI is InChI=1S/C16H30N2O2/c1-3-14-4-6-15(7-5-14)16(19)18-10-8-17(9-11-18)12-13-20-2/h14-15H,3-13H2,1-2H3. The number of rotatable bonds is 5. The minimum absolute atomic E-state index is 0.309. The molecule has 1 aliphatic carbocycles. The van der Waals surface area contributed by atoms with E-state index in [9.17, 15) is 4.79 Å². The van der Waals surface area contributed by atoms with Crippen molar-refractivity contribution in [3.63, 3.8) is 0 Å². The van der Waals surface area contributed by atoms with Gasteiger partial charge in [-0.05, 0) is 31.6 Å². The van der Waals surface area contributed by atoms with E-state index in [1.165, 1.54) is 19.3 Å². The fourth-order valence-electron chi connectivity index (χ4n) is 3.49. The van der Waals surface area contributed by atoms with Gasteiger partial charge in [0.1, 0.15) is 0 Å². The van der Waals surface area contributed by atoms with Crippen LogP contribution < -0.4 is 0 Å². The van der Waals surface area contributed by atoms with Crippen LogP contribution in [0.5, 0.6) is 0 Å². The van der Waals surface area contributed by atoms with Gasteiger partial charge >= 0.3 is 0 Å². The van der Waals surface area contributed by atoms with Crippen LogP contribution in [0.3, 0.4) is 0 Å². The lowest BCUT2D eigenvalue weighted by molar-refractivity contribution is -0.138. The molecule has 0 N–H and O–H groups in total. The number of carbonyl (C=O) groups excluding carboxylic acids is 1. The number of methoxy groups -OCH3 is 1. The summed E-state index contributed by atoms with van der Waals surface area (Å²) in [6.07, 6.45) is 6.00. The molecule has 1 saturated heterocycles. The Balaban J connectivity index is 1.72. The highest BCUT2D eigenvalue weighted by Crippen LogP contribution is 2.31. The molecule has 0 radical (unpaired) electrons. The lowest BCUT2D eigenvalue weighted by Crippen LogP contribution is -2.51. The van der Waals surface area contributed by atoms with Gasteiger partial charge in [0.2, 0.25) is 5.91 Å². The van der Waals surface area contributed by atoms with Crippen LogP contribution in [0.25, 0.3) is 0 Å². The first-order chi connectivity index (χ1) is 9.74. The summed E-state index contributed by atoms with van der Waals surface area (Å²) < 4.78 is 5.11. The Hall–Kier alpha value is -0.610. The van der Waals surface area contributed by atoms with Crippen molar-refractivity contribution in [1.29, 1.82) is 0 Å². The zero-order valence-electron chi connectivity index (χ0n) is 13.1. The van der Waals surface area contributed by atoms with Gasteiger partial charge in [-0.25, -0.2) is 0 Å². The number of hydrogen-bond donors (Lipinski definition) is 0. The lowest BCUT2D eigenvalue weighted by atomic mass is 9.80. The molecule has 0 atom stereocenters. The van der Waals surface area contributed by atoms with Crippen molar-refractivity contribution in [2.75, 3.05) is 46.4 Å². The predicted octanol–water partition coefficient (Wildman–Crippen LogP) is 1.99. The van der Waals surface area contributed by atoms with E-state index < -0.39 is 0 Å². The van der Waals surface area contributed by atoms with Gasteiger partial charge in [-0.3, -0.25) is 9.69 Å². The van der Waals surface area contributed by atoms with E-state index in [1.54, 1.807) is 7.11 Å². The number of nitrogens with zero attached hydrogens (tertiary/aromatic N) is 2. The minimum Gasteiger partial charge on any atom is -0.383 e. The molecule has 4 heteroatoms. The van der Waals surface area contributed by atoms with Crippen LogP contribution >= 0.6 is 0 Å². The van der Waals surface area contributed by atoms with Crippen LogP contribution in [0, 0.1) is 11.8 Å². The zero-order valence-corrected chi connectivity index (χ0v) is 13.1. The second-order valence-corrected chi connectivity index (χ2v) is 6.29. The first kappa shape index (κ1) is 15.8. The molecule has 2 rings (SSSR count). The third-order valence-corrected chi connectivity index (χ3v) is 5.07. The van der Waals surface area contributed by atoms with Gasteiger partial charge in [0.05, 0.1) is 6.61 Å². The lowest BCUT2D eigenvalue weighted by Gasteiger charge is -2.37. The molecule has 116 valence electrons. The first-order valence-electron chi connectivity index (χ1n) is 8.24. The molecule has 2 aliphatic rings. The molecule has 1 heterocycles. The summed E-state index contributed by atoms with van der Waals surface area (Å²) in [7, 11) is 1.74. The van der Waals surface area contributed by atoms with Crippen molar-refractivity contribution in [3.05, 3.63) is 0 Å². The Bertz CT molecular complexity index is 293. The summed E-state index contributed by atoms with van der Waals surface area (Å²) in [5.74, 6) is 1.60. The van der Waals surface area contributed by atoms with Gasteiger partial charge in [0.15, 0.2) is 0 Å². The molecule has 0 unspecified atom stereocenters. The third-order valence-electron chi connectivity index (χ3n) is 5.07. The highest BCUT2D eigenvalue weighted by atomic mass is 16.5. The molecular formula is C16H30N2O2. The molecule has 0 aromatic rings. The third kappa shape index (κ3) is 4.19. The maximum Gasteiger partial charge on any atom is 0.225 e. The fraction of sp³-hybridized carbons (Fsp3) is 0.938. The van der Waals surface area contributed by atoms with Gasteiger partial charge in [0, 0.05) is 45.8 Å². The molecule has 0 bridgehead atoms. The average molecular weight is 282 g/mol. The van der Waals surface area contributed by atoms with Crippen molar-refractivity contribution in [3.8, 4) is 0 Å². The first-order valence-corrected chi connectivity index (χ1v) is 8.24. The summed E-state index contributed by atoms with van der Waals surface area (Å²) >= 11 is 0. The van der Waals surface area contributed by atoms with Crippen LogP contribution in [0.1, 0.15) is 39.0 Å². The van der Waals surface area contributed by atoms with Crippen LogP contribution in [0.15, 0.2) is 0 Å². The van der Waals surface area contributed by atoms with E-state index in [4.69, 9.17) is 4.74 Å². The van der Waals surface area contributed by atoms with Gasteiger partial charge in [-0.1, -0.05) is 13.3 Å². The minimum atomic E-state index is 0.309. The van der Waals surface area contributed by atoms with Crippen LogP contribution in [-0.2, 0) is 9.53 Å². The molecular weight excluding hydrogens is 252 g/mol. The topological polar surface area (TPSA) is 32.8 Å². The largest absolute Gasteiger partial charge is 0.383 e. The average Bonchev–Trinajstić information content (AvgIpc) is 2.53. The monoisotopic (exact) mass is 282 g/mol. The Kier molecular flexibility index (Phi) is 6.30. The Morgan fingerprint density at radius 2 is 1.75 bits per heavy atom. The van der Waals surface area contributed by atoms with Crippen LogP contribution in [0.2, 0.25) is 0 Å². The molecule has 1 saturated carbocycles. The second kappa shape index (κ2) is 7.99. The smallest absolute Gasteiger partial charge is 0.225 e. The predicted molar refractivity (Wildman–Crippen MR) is 80.6 cm³/mol. The fourth-order valence-corrected chi connectivity index (χ4v) is 3.49. The van der Waals surface area contributed by atoms with Gasteiger partial charge < -0.3 is 9.64 Å². The number of amides is 1. The quantitative estimate of drug-likeness (QED) is 0.773. The molecule has 1 amide bonds. The number of carbonyl (C=O) groups is 1. The normalized spacial score (nSPS) is 28.6. The Morgan fingerprint density at radius 3 is 2.30 bits per heavy atom. The molecule has 0 spiro atoms. The van der Waals surface area contributed by atoms with E-state index in [0.29, 0.717) is 11.8 Å². The molecule has 1 aliphatic heterocycles. The molecule has 0 aromatic heterocycles. The van der Waals surface area contributed by atoms with Crippen molar-refractivity contribution in [2.45, 2.75) is 39.0 Å². The van der Waals surface area contributed by atoms with E-state index in [-0.39, 0.29) is 0 Å². The van der Waals surface area contributed by atoms with Crippen LogP contribution in [-0.4, -0.2) is 62.1 Å². The SMILES string of the molecule is CCC1CCC(C(=O)N2CCN(CCOC)CC2)CC1. The van der Waals surface area contributed by atoms with Crippen molar-refractivity contribution < 1.29 is 9.53 Å². The Morgan fingerprint density at radius 1 is 1.10 bits per heavy atom. The molecule has 0 aromatic carbocycles. The van der Waals surface area contributed by atoms with Crippen molar-refractivity contribution in [2.24, 2.45) is 11.8 Å². The zero-order chi connectivity index (χ0) is 14.4. The molecule has 4 nitrogen and oxygen atoms in total. The van der Waals surface area contributed by atoms with Crippen molar-refractivity contribution >= 4 is 5.91 Å². The molecule has 2 fully saturated rings. The number of hydrogen-bond acceptors (Lipinski definition) is 3. The number of ether oxygens (including phenoxy) is 1. The maximum absolute atomic E-state index is 12.6. The maximum atomic E-state index is 12.6. The summed E-state index contributed by atoms with van der Waals surface area (Å²) in [6, 6.07) is 0. The van der Waals surface area contributed by atoms with E-state index in [1.807, 2.05) is 0 Å². The molecule has 20 heavy (non-hydrogen) atoms. The summed E-state index contributed by atoms with van der Waals surface area (Å²) in [5, 5.41) is 0. The van der Waals surface area contributed by atoms with Gasteiger partial charge in [-0.2, -0.15) is 0 Å². The van der Waals surface area contributed by atoms with E-state index in [0.717, 1.165) is 58.1 Å². The second-order valence-electron chi connectivity index (χ2n) is 6.29. The van der Waals surface area contributed by atoms with E-state index >= 15 is 0 Å². The number of piperazine rings is 1. The van der Waals surface area contributed by atoms with Gasteiger partial charge in [0.25, 0.3) is 0 Å².